The van der Waals surface area contributed by atoms with E-state index in [0.717, 1.165) is 26.9 Å². The molecule has 7 nitrogen and oxygen atoms in total. The second-order valence-electron chi connectivity index (χ2n) is 10.5. The zero-order valence-electron chi connectivity index (χ0n) is 22.2. The number of nitrogens with zero attached hydrogens (tertiary/aromatic N) is 3. The Morgan fingerprint density at radius 1 is 1.11 bits per heavy atom. The number of thiazole rings is 1. The first-order valence-electron chi connectivity index (χ1n) is 12.3. The Morgan fingerprint density at radius 2 is 1.87 bits per heavy atom. The zero-order valence-corrected chi connectivity index (χ0v) is 23.0. The Hall–Kier alpha value is -4.04. The summed E-state index contributed by atoms with van der Waals surface area (Å²) in [4.78, 5) is 37.5. The maximum atomic E-state index is 13.6. The van der Waals surface area contributed by atoms with Crippen molar-refractivity contribution in [1.82, 2.24) is 9.97 Å². The molecule has 0 saturated carbocycles. The maximum absolute atomic E-state index is 13.6. The molecule has 1 unspecified atom stereocenters. The second-order valence-corrected chi connectivity index (χ2v) is 11.6. The molecule has 0 bridgehead atoms. The molecule has 2 aromatic carbocycles. The Labute approximate surface area is 225 Å². The number of methoxy groups -OCH3 is 1. The average molecular weight is 528 g/mol. The molecule has 5 rings (SSSR count). The lowest BCUT2D eigenvalue weighted by Crippen LogP contribution is -2.29. The van der Waals surface area contributed by atoms with Crippen LogP contribution in [-0.4, -0.2) is 33.9 Å². The first kappa shape index (κ1) is 25.6. The minimum atomic E-state index is -0.906. The number of benzene rings is 2. The lowest BCUT2D eigenvalue weighted by atomic mass is 9.87. The molecular weight excluding hydrogens is 498 g/mol. The van der Waals surface area contributed by atoms with Crippen LogP contribution >= 0.6 is 11.3 Å². The Kier molecular flexibility index (Phi) is 6.31. The van der Waals surface area contributed by atoms with Gasteiger partial charge in [-0.1, -0.05) is 50.3 Å². The van der Waals surface area contributed by atoms with Crippen molar-refractivity contribution in [2.24, 2.45) is 0 Å². The molecule has 1 atom stereocenters. The van der Waals surface area contributed by atoms with Gasteiger partial charge in [-0.25, -0.2) is 4.98 Å². The maximum Gasteiger partial charge on any atom is 0.301 e. The topological polar surface area (TPSA) is 92.6 Å². The number of fused-ring (bicyclic) bond motifs is 1. The SMILES string of the molecule is COc1c(C)cc(C)cc1/C(O)=C1\C(=O)C(=O)N(c2nc3ccc(C(C)(C)C)cc3s2)C1c1cccnc1. The molecule has 1 amide bonds. The predicted molar refractivity (Wildman–Crippen MR) is 150 cm³/mol. The van der Waals surface area contributed by atoms with Gasteiger partial charge in [0.1, 0.15) is 11.5 Å². The normalized spacial score (nSPS) is 17.4. The molecule has 0 aliphatic carbocycles. The van der Waals surface area contributed by atoms with E-state index in [1.807, 2.05) is 32.0 Å². The monoisotopic (exact) mass is 527 g/mol. The number of Topliss-reactive ketones (excluding diaryl/α,β-unsaturated/α-hetero) is 1. The molecule has 194 valence electrons. The van der Waals surface area contributed by atoms with Gasteiger partial charge in [0, 0.05) is 12.4 Å². The number of hydrogen-bond acceptors (Lipinski definition) is 7. The molecular formula is C30H29N3O4S. The number of pyridine rings is 1. The fraction of sp³-hybridized carbons (Fsp3) is 0.267. The summed E-state index contributed by atoms with van der Waals surface area (Å²) in [6, 6.07) is 12.3. The van der Waals surface area contributed by atoms with Crippen LogP contribution in [0.3, 0.4) is 0 Å². The van der Waals surface area contributed by atoms with Gasteiger partial charge in [0.25, 0.3) is 5.78 Å². The summed E-state index contributed by atoms with van der Waals surface area (Å²) in [5, 5.41) is 12.0. The van der Waals surface area contributed by atoms with Crippen molar-refractivity contribution in [3.8, 4) is 5.75 Å². The van der Waals surface area contributed by atoms with Gasteiger partial charge in [-0.05, 0) is 65.8 Å². The average Bonchev–Trinajstić information content (AvgIpc) is 3.41. The van der Waals surface area contributed by atoms with Gasteiger partial charge in [-0.15, -0.1) is 0 Å². The number of carbonyl (C=O) groups excluding carboxylic acids is 2. The van der Waals surface area contributed by atoms with Crippen LogP contribution in [-0.2, 0) is 15.0 Å². The van der Waals surface area contributed by atoms with E-state index in [4.69, 9.17) is 9.72 Å². The van der Waals surface area contributed by atoms with Crippen molar-refractivity contribution in [2.75, 3.05) is 12.0 Å². The number of rotatable bonds is 4. The molecule has 1 aliphatic heterocycles. The number of aliphatic hydroxyl groups excluding tert-OH is 1. The first-order valence-corrected chi connectivity index (χ1v) is 13.1. The van der Waals surface area contributed by atoms with E-state index in [1.165, 1.54) is 23.3 Å². The van der Waals surface area contributed by atoms with Crippen LogP contribution in [0.2, 0.25) is 0 Å². The van der Waals surface area contributed by atoms with Gasteiger partial charge >= 0.3 is 5.91 Å². The molecule has 38 heavy (non-hydrogen) atoms. The molecule has 0 radical (unpaired) electrons. The van der Waals surface area contributed by atoms with Gasteiger partial charge in [0.2, 0.25) is 0 Å². The fourth-order valence-electron chi connectivity index (χ4n) is 4.91. The third-order valence-electron chi connectivity index (χ3n) is 6.77. The summed E-state index contributed by atoms with van der Waals surface area (Å²) < 4.78 is 6.49. The summed E-state index contributed by atoms with van der Waals surface area (Å²) in [6.45, 7) is 10.2. The first-order chi connectivity index (χ1) is 18.0. The van der Waals surface area contributed by atoms with Crippen molar-refractivity contribution < 1.29 is 19.4 Å². The highest BCUT2D eigenvalue weighted by molar-refractivity contribution is 7.22. The number of aryl methyl sites for hydroxylation is 2. The molecule has 2 aromatic heterocycles. The van der Waals surface area contributed by atoms with Crippen molar-refractivity contribution in [2.45, 2.75) is 46.1 Å². The van der Waals surface area contributed by atoms with Crippen molar-refractivity contribution >= 4 is 44.1 Å². The quantitative estimate of drug-likeness (QED) is 0.192. The van der Waals surface area contributed by atoms with E-state index in [2.05, 4.69) is 31.8 Å². The molecule has 4 aromatic rings. The third kappa shape index (κ3) is 4.24. The predicted octanol–water partition coefficient (Wildman–Crippen LogP) is 6.24. The van der Waals surface area contributed by atoms with Crippen LogP contribution in [0.5, 0.6) is 5.75 Å². The lowest BCUT2D eigenvalue weighted by Gasteiger charge is -2.23. The van der Waals surface area contributed by atoms with E-state index in [-0.39, 0.29) is 16.7 Å². The van der Waals surface area contributed by atoms with Crippen molar-refractivity contribution in [3.63, 3.8) is 0 Å². The summed E-state index contributed by atoms with van der Waals surface area (Å²) in [6.07, 6.45) is 3.22. The molecule has 1 N–H and O–H groups in total. The molecule has 1 saturated heterocycles. The Balaban J connectivity index is 1.74. The number of hydrogen-bond donors (Lipinski definition) is 1. The lowest BCUT2D eigenvalue weighted by molar-refractivity contribution is -0.132. The number of aromatic nitrogens is 2. The number of ether oxygens (including phenoxy) is 1. The van der Waals surface area contributed by atoms with Crippen molar-refractivity contribution in [1.29, 1.82) is 0 Å². The van der Waals surface area contributed by atoms with Gasteiger partial charge in [-0.2, -0.15) is 0 Å². The smallest absolute Gasteiger partial charge is 0.301 e. The van der Waals surface area contributed by atoms with Gasteiger partial charge < -0.3 is 9.84 Å². The van der Waals surface area contributed by atoms with E-state index in [9.17, 15) is 14.7 Å². The van der Waals surface area contributed by atoms with Crippen LogP contribution in [0.25, 0.3) is 16.0 Å². The van der Waals surface area contributed by atoms with Gasteiger partial charge in [0.15, 0.2) is 5.13 Å². The van der Waals surface area contributed by atoms with E-state index < -0.39 is 17.7 Å². The summed E-state index contributed by atoms with van der Waals surface area (Å²) in [7, 11) is 1.51. The number of aliphatic hydroxyl groups is 1. The highest BCUT2D eigenvalue weighted by Crippen LogP contribution is 2.45. The summed E-state index contributed by atoms with van der Waals surface area (Å²) in [5.74, 6) is -1.38. The standard InChI is InChI=1S/C30H29N3O4S/c1-16-12-17(2)27(37-6)20(13-16)25(34)23-24(18-8-7-11-31-15-18)33(28(36)26(23)35)29-32-21-10-9-19(30(3,4)5)14-22(21)38-29/h7-15,24,34H,1-6H3/b25-23+. The zero-order chi connectivity index (χ0) is 27.4. The van der Waals surface area contributed by atoms with E-state index in [1.54, 1.807) is 30.6 Å². The molecule has 3 heterocycles. The number of anilines is 1. The molecule has 0 spiro atoms. The highest BCUT2D eigenvalue weighted by atomic mass is 32.1. The van der Waals surface area contributed by atoms with Crippen LogP contribution in [0.15, 0.2) is 60.4 Å². The largest absolute Gasteiger partial charge is 0.507 e. The third-order valence-corrected chi connectivity index (χ3v) is 7.79. The molecule has 1 fully saturated rings. The number of carbonyl (C=O) groups is 2. The fourth-order valence-corrected chi connectivity index (χ4v) is 5.94. The second kappa shape index (κ2) is 9.36. The minimum absolute atomic E-state index is 0.0269. The van der Waals surface area contributed by atoms with Crippen LogP contribution in [0, 0.1) is 13.8 Å². The number of ketones is 1. The molecule has 8 heteroatoms. The molecule has 1 aliphatic rings. The Bertz CT molecular complexity index is 1620. The summed E-state index contributed by atoms with van der Waals surface area (Å²) >= 11 is 1.34. The minimum Gasteiger partial charge on any atom is -0.507 e. The van der Waals surface area contributed by atoms with E-state index >= 15 is 0 Å². The number of amides is 1. The van der Waals surface area contributed by atoms with Crippen LogP contribution in [0.1, 0.15) is 54.6 Å². The summed E-state index contributed by atoms with van der Waals surface area (Å²) in [5.41, 5.74) is 4.44. The van der Waals surface area contributed by atoms with Gasteiger partial charge in [-0.3, -0.25) is 19.5 Å². The van der Waals surface area contributed by atoms with Crippen LogP contribution < -0.4 is 9.64 Å². The van der Waals surface area contributed by atoms with Crippen molar-refractivity contribution in [3.05, 3.63) is 88.2 Å². The Morgan fingerprint density at radius 3 is 2.53 bits per heavy atom. The van der Waals surface area contributed by atoms with Crippen LogP contribution in [0.4, 0.5) is 5.13 Å². The highest BCUT2D eigenvalue weighted by Gasteiger charge is 2.48. The van der Waals surface area contributed by atoms with E-state index in [0.29, 0.717) is 22.0 Å². The van der Waals surface area contributed by atoms with Gasteiger partial charge in [0.05, 0.1) is 34.5 Å².